The molecule has 29 heavy (non-hydrogen) atoms. The molecule has 1 fully saturated rings. The van der Waals surface area contributed by atoms with E-state index in [0.29, 0.717) is 6.61 Å². The molecule has 0 spiro atoms. The summed E-state index contributed by atoms with van der Waals surface area (Å²) in [6.07, 6.45) is 2.56. The number of likely N-dealkylation sites (tertiary alicyclic amines) is 1. The first-order valence-corrected chi connectivity index (χ1v) is 10.3. The van der Waals surface area contributed by atoms with Crippen LogP contribution < -0.4 is 4.74 Å². The quantitative estimate of drug-likeness (QED) is 0.635. The van der Waals surface area contributed by atoms with Crippen LogP contribution in [0, 0.1) is 6.92 Å². The summed E-state index contributed by atoms with van der Waals surface area (Å²) in [6, 6.07) is 18.1. The van der Waals surface area contributed by atoms with Crippen LogP contribution in [0.3, 0.4) is 0 Å². The fourth-order valence-corrected chi connectivity index (χ4v) is 3.77. The molecular weight excluding hydrogens is 384 g/mol. The van der Waals surface area contributed by atoms with Crippen LogP contribution in [-0.4, -0.2) is 47.3 Å². The minimum absolute atomic E-state index is 0.186. The van der Waals surface area contributed by atoms with E-state index in [2.05, 4.69) is 28.9 Å². The zero-order valence-electron chi connectivity index (χ0n) is 16.5. The highest BCUT2D eigenvalue weighted by Crippen LogP contribution is 2.27. The van der Waals surface area contributed by atoms with Crippen LogP contribution in [0.2, 0.25) is 5.02 Å². The van der Waals surface area contributed by atoms with Gasteiger partial charge in [0.1, 0.15) is 12.4 Å². The van der Waals surface area contributed by atoms with E-state index in [1.54, 1.807) is 0 Å². The Hall–Kier alpha value is -2.40. The van der Waals surface area contributed by atoms with Crippen LogP contribution in [0.15, 0.2) is 60.8 Å². The number of ether oxygens (including phenoxy) is 1. The summed E-state index contributed by atoms with van der Waals surface area (Å²) in [5, 5.41) is 10.3. The molecule has 4 nitrogen and oxygen atoms in total. The molecule has 1 N–H and O–H groups in total. The summed E-state index contributed by atoms with van der Waals surface area (Å²) >= 11 is 5.96. The van der Waals surface area contributed by atoms with Crippen LogP contribution in [0.25, 0.3) is 22.4 Å². The number of aromatic nitrogens is 1. The Bertz CT molecular complexity index is 958. The molecule has 0 aliphatic carbocycles. The number of aliphatic hydroxyl groups is 1. The third-order valence-electron chi connectivity index (χ3n) is 5.32. The molecule has 1 aromatic heterocycles. The number of pyridine rings is 1. The second-order valence-corrected chi connectivity index (χ2v) is 7.95. The zero-order chi connectivity index (χ0) is 20.2. The Labute approximate surface area is 176 Å². The molecule has 5 heteroatoms. The van der Waals surface area contributed by atoms with Gasteiger partial charge in [-0.15, -0.1) is 0 Å². The second-order valence-electron chi connectivity index (χ2n) is 7.51. The highest BCUT2D eigenvalue weighted by molar-refractivity contribution is 6.30. The van der Waals surface area contributed by atoms with Gasteiger partial charge in [0, 0.05) is 42.0 Å². The predicted octanol–water partition coefficient (Wildman–Crippen LogP) is 4.82. The van der Waals surface area contributed by atoms with Crippen molar-refractivity contribution >= 4 is 11.6 Å². The van der Waals surface area contributed by atoms with E-state index in [-0.39, 0.29) is 6.10 Å². The highest BCUT2D eigenvalue weighted by Gasteiger charge is 2.19. The third-order valence-corrected chi connectivity index (χ3v) is 5.58. The van der Waals surface area contributed by atoms with Crippen molar-refractivity contribution in [3.63, 3.8) is 0 Å². The maximum atomic E-state index is 9.60. The van der Waals surface area contributed by atoms with Crippen molar-refractivity contribution in [2.75, 3.05) is 26.2 Å². The molecule has 1 saturated heterocycles. The summed E-state index contributed by atoms with van der Waals surface area (Å²) in [4.78, 5) is 6.87. The Balaban J connectivity index is 1.40. The van der Waals surface area contributed by atoms with Crippen molar-refractivity contribution in [1.29, 1.82) is 0 Å². The van der Waals surface area contributed by atoms with Crippen LogP contribution >= 0.6 is 11.6 Å². The average molecular weight is 409 g/mol. The van der Waals surface area contributed by atoms with E-state index in [4.69, 9.17) is 16.3 Å². The molecule has 0 amide bonds. The van der Waals surface area contributed by atoms with Gasteiger partial charge in [-0.05, 0) is 60.9 Å². The van der Waals surface area contributed by atoms with E-state index >= 15 is 0 Å². The minimum atomic E-state index is -0.186. The topological polar surface area (TPSA) is 45.6 Å². The van der Waals surface area contributed by atoms with Gasteiger partial charge in [0.25, 0.3) is 0 Å². The molecule has 0 radical (unpaired) electrons. The normalized spacial score (nSPS) is 16.9. The summed E-state index contributed by atoms with van der Waals surface area (Å²) in [5.41, 5.74) is 5.25. The van der Waals surface area contributed by atoms with Gasteiger partial charge in [0.15, 0.2) is 0 Å². The van der Waals surface area contributed by atoms with Crippen LogP contribution in [-0.2, 0) is 0 Å². The first-order chi connectivity index (χ1) is 14.1. The number of rotatable bonds is 6. The Morgan fingerprint density at radius 3 is 2.48 bits per heavy atom. The second kappa shape index (κ2) is 8.95. The summed E-state index contributed by atoms with van der Waals surface area (Å²) in [6.45, 7) is 5.21. The number of hydrogen-bond acceptors (Lipinski definition) is 4. The van der Waals surface area contributed by atoms with Crippen molar-refractivity contribution in [1.82, 2.24) is 9.88 Å². The zero-order valence-corrected chi connectivity index (χ0v) is 17.3. The van der Waals surface area contributed by atoms with Crippen molar-refractivity contribution < 1.29 is 9.84 Å². The molecule has 2 aromatic carbocycles. The molecule has 0 unspecified atom stereocenters. The van der Waals surface area contributed by atoms with Crippen LogP contribution in [0.4, 0.5) is 0 Å². The molecule has 1 aliphatic rings. The fourth-order valence-electron chi connectivity index (χ4n) is 3.65. The maximum absolute atomic E-state index is 9.60. The SMILES string of the molecule is Cc1cc(-c2ccc(-c3ccc(Cl)cc3)cn2)ccc1OCCN1CC[C@H](O)C1. The van der Waals surface area contributed by atoms with Crippen LogP contribution in [0.1, 0.15) is 12.0 Å². The number of halogens is 1. The number of aliphatic hydroxyl groups excluding tert-OH is 1. The van der Waals surface area contributed by atoms with Crippen molar-refractivity contribution in [2.45, 2.75) is 19.4 Å². The summed E-state index contributed by atoms with van der Waals surface area (Å²) in [5.74, 6) is 0.895. The lowest BCUT2D eigenvalue weighted by Crippen LogP contribution is -2.27. The van der Waals surface area contributed by atoms with Gasteiger partial charge in [-0.2, -0.15) is 0 Å². The van der Waals surface area contributed by atoms with Gasteiger partial charge in [0.2, 0.25) is 0 Å². The maximum Gasteiger partial charge on any atom is 0.122 e. The summed E-state index contributed by atoms with van der Waals surface area (Å²) < 4.78 is 5.96. The molecule has 1 atom stereocenters. The first kappa shape index (κ1) is 19.9. The number of nitrogens with zero attached hydrogens (tertiary/aromatic N) is 2. The van der Waals surface area contributed by atoms with Gasteiger partial charge < -0.3 is 9.84 Å². The van der Waals surface area contributed by atoms with Crippen LogP contribution in [0.5, 0.6) is 5.75 Å². The molecule has 4 rings (SSSR count). The molecule has 3 aromatic rings. The monoisotopic (exact) mass is 408 g/mol. The summed E-state index contributed by atoms with van der Waals surface area (Å²) in [7, 11) is 0. The molecule has 1 aliphatic heterocycles. The lowest BCUT2D eigenvalue weighted by Gasteiger charge is -2.16. The predicted molar refractivity (Wildman–Crippen MR) is 117 cm³/mol. The minimum Gasteiger partial charge on any atom is -0.492 e. The van der Waals surface area contributed by atoms with Gasteiger partial charge >= 0.3 is 0 Å². The molecule has 2 heterocycles. The van der Waals surface area contributed by atoms with E-state index in [1.165, 1.54) is 0 Å². The van der Waals surface area contributed by atoms with Gasteiger partial charge in [0.05, 0.1) is 11.8 Å². The van der Waals surface area contributed by atoms with Crippen molar-refractivity contribution in [3.8, 4) is 28.1 Å². The molecule has 0 saturated carbocycles. The number of aryl methyl sites for hydroxylation is 1. The Morgan fingerprint density at radius 1 is 1.07 bits per heavy atom. The van der Waals surface area contributed by atoms with Gasteiger partial charge in [-0.1, -0.05) is 29.8 Å². The van der Waals surface area contributed by atoms with Gasteiger partial charge in [-0.25, -0.2) is 0 Å². The van der Waals surface area contributed by atoms with Crippen molar-refractivity contribution in [2.24, 2.45) is 0 Å². The lowest BCUT2D eigenvalue weighted by molar-refractivity contribution is 0.167. The third kappa shape index (κ3) is 4.96. The Kier molecular flexibility index (Phi) is 6.14. The smallest absolute Gasteiger partial charge is 0.122 e. The van der Waals surface area contributed by atoms with E-state index in [1.807, 2.05) is 48.7 Å². The average Bonchev–Trinajstić information content (AvgIpc) is 3.15. The molecule has 0 bridgehead atoms. The van der Waals surface area contributed by atoms with E-state index < -0.39 is 0 Å². The first-order valence-electron chi connectivity index (χ1n) is 9.95. The largest absolute Gasteiger partial charge is 0.492 e. The number of hydrogen-bond donors (Lipinski definition) is 1. The van der Waals surface area contributed by atoms with Gasteiger partial charge in [-0.3, -0.25) is 9.88 Å². The molecule has 150 valence electrons. The standard InChI is InChI=1S/C24H25ClN2O2/c1-17-14-19(5-9-24(17)29-13-12-27-11-10-22(28)16-27)23-8-4-20(15-26-23)18-2-6-21(25)7-3-18/h2-9,14-15,22,28H,10-13,16H2,1H3/t22-/m0/s1. The number of benzene rings is 2. The lowest BCUT2D eigenvalue weighted by atomic mass is 10.0. The van der Waals surface area contributed by atoms with E-state index in [0.717, 1.165) is 64.8 Å². The van der Waals surface area contributed by atoms with Crippen molar-refractivity contribution in [3.05, 3.63) is 71.4 Å². The Morgan fingerprint density at radius 2 is 1.83 bits per heavy atom. The molecular formula is C24H25ClN2O2. The van der Waals surface area contributed by atoms with E-state index in [9.17, 15) is 5.11 Å². The number of β-amino-alcohol motifs (C(OH)–C–C–N with tert-alkyl or cyclic N) is 1. The fraction of sp³-hybridized carbons (Fsp3) is 0.292. The highest BCUT2D eigenvalue weighted by atomic mass is 35.5.